The maximum absolute atomic E-state index is 11.0. The maximum Gasteiger partial charge on any atom is 0.421 e. The molecule has 0 rings (SSSR count). The van der Waals surface area contributed by atoms with Gasteiger partial charge in [-0.2, -0.15) is 13.1 Å². The van der Waals surface area contributed by atoms with Gasteiger partial charge in [-0.25, -0.2) is 9.52 Å². The molecule has 1 unspecified atom stereocenters. The molecule has 1 amide bonds. The van der Waals surface area contributed by atoms with E-state index in [1.54, 1.807) is 18.6 Å². The molecule has 0 aliphatic heterocycles. The molecule has 0 radical (unpaired) electrons. The summed E-state index contributed by atoms with van der Waals surface area (Å²) in [5, 5.41) is 0. The van der Waals surface area contributed by atoms with E-state index in [0.717, 1.165) is 0 Å². The first kappa shape index (κ1) is 13.1. The third-order valence-electron chi connectivity index (χ3n) is 1.09. The van der Waals surface area contributed by atoms with Gasteiger partial charge in [-0.3, -0.25) is 0 Å². The number of amides is 1. The van der Waals surface area contributed by atoms with Crippen LogP contribution in [0.1, 0.15) is 13.8 Å². The third-order valence-corrected chi connectivity index (χ3v) is 2.07. The van der Waals surface area contributed by atoms with Crippen molar-refractivity contribution in [2.75, 3.05) is 13.2 Å². The summed E-state index contributed by atoms with van der Waals surface area (Å²) in [5.74, 6) is 0. The number of hydrogen-bond donors (Lipinski definition) is 3. The third kappa shape index (κ3) is 6.63. The van der Waals surface area contributed by atoms with E-state index in [1.807, 2.05) is 0 Å². The van der Waals surface area contributed by atoms with Crippen LogP contribution in [0.3, 0.4) is 0 Å². The molecule has 0 saturated heterocycles. The number of nitrogens with one attached hydrogen (secondary N) is 2. The Morgan fingerprint density at radius 1 is 1.57 bits per heavy atom. The molecule has 84 valence electrons. The average molecular weight is 225 g/mol. The largest absolute Gasteiger partial charge is 0.449 e. The highest BCUT2D eigenvalue weighted by molar-refractivity contribution is 7.88. The van der Waals surface area contributed by atoms with Crippen LogP contribution in [0.5, 0.6) is 0 Å². The van der Waals surface area contributed by atoms with Crippen LogP contribution < -0.4 is 15.2 Å². The molecule has 0 bridgehead atoms. The second kappa shape index (κ2) is 5.78. The van der Waals surface area contributed by atoms with Gasteiger partial charge in [0.05, 0.1) is 6.61 Å². The molecule has 0 aromatic heterocycles. The Morgan fingerprint density at radius 2 is 2.14 bits per heavy atom. The molecule has 0 fully saturated rings. The van der Waals surface area contributed by atoms with E-state index in [1.165, 1.54) is 0 Å². The first-order chi connectivity index (χ1) is 6.37. The van der Waals surface area contributed by atoms with Gasteiger partial charge in [-0.1, -0.05) is 0 Å². The molecule has 0 aliphatic rings. The zero-order chi connectivity index (χ0) is 11.2. The van der Waals surface area contributed by atoms with Gasteiger partial charge in [0, 0.05) is 12.6 Å². The highest BCUT2D eigenvalue weighted by Crippen LogP contribution is 1.82. The fourth-order valence-electron chi connectivity index (χ4n) is 0.548. The maximum atomic E-state index is 11.0. The van der Waals surface area contributed by atoms with Gasteiger partial charge in [0.25, 0.3) is 0 Å². The second-order valence-electron chi connectivity index (χ2n) is 2.65. The fraction of sp³-hybridized carbons (Fsp3) is 0.833. The number of carbonyl (C=O) groups excluding carboxylic acids is 1. The molecular formula is C6H15N3O4S. The average Bonchev–Trinajstić information content (AvgIpc) is 2.00. The van der Waals surface area contributed by atoms with Crippen molar-refractivity contribution in [3.05, 3.63) is 0 Å². The van der Waals surface area contributed by atoms with Gasteiger partial charge in [-0.15, -0.1) is 0 Å². The van der Waals surface area contributed by atoms with Crippen LogP contribution in [0.25, 0.3) is 0 Å². The van der Waals surface area contributed by atoms with Crippen LogP contribution in [0.15, 0.2) is 0 Å². The number of carbonyl (C=O) groups is 1. The Hall–Kier alpha value is -0.860. The number of ether oxygens (including phenoxy) is 1. The Balaban J connectivity index is 4.01. The summed E-state index contributed by atoms with van der Waals surface area (Å²) in [6, 6.07) is -0.325. The summed E-state index contributed by atoms with van der Waals surface area (Å²) < 4.78 is 30.2. The van der Waals surface area contributed by atoms with Crippen LogP contribution in [-0.2, 0) is 14.9 Å². The van der Waals surface area contributed by atoms with Crippen LogP contribution in [0.2, 0.25) is 0 Å². The minimum Gasteiger partial charge on any atom is -0.449 e. The monoisotopic (exact) mass is 225 g/mol. The van der Waals surface area contributed by atoms with Gasteiger partial charge in [0.15, 0.2) is 0 Å². The molecule has 0 heterocycles. The molecule has 7 nitrogen and oxygen atoms in total. The van der Waals surface area contributed by atoms with Crippen molar-refractivity contribution < 1.29 is 17.9 Å². The highest BCUT2D eigenvalue weighted by Gasteiger charge is 2.14. The van der Waals surface area contributed by atoms with E-state index in [-0.39, 0.29) is 19.2 Å². The van der Waals surface area contributed by atoms with E-state index < -0.39 is 16.3 Å². The highest BCUT2D eigenvalue weighted by atomic mass is 32.2. The minimum atomic E-state index is -3.85. The normalized spacial score (nSPS) is 13.4. The lowest BCUT2D eigenvalue weighted by Gasteiger charge is -2.09. The minimum absolute atomic E-state index is 0.0503. The van der Waals surface area contributed by atoms with Gasteiger partial charge in [0.1, 0.15) is 0 Å². The molecule has 1 atom stereocenters. The van der Waals surface area contributed by atoms with Crippen molar-refractivity contribution in [1.29, 1.82) is 0 Å². The zero-order valence-corrected chi connectivity index (χ0v) is 8.93. The van der Waals surface area contributed by atoms with E-state index in [9.17, 15) is 13.2 Å². The smallest absolute Gasteiger partial charge is 0.421 e. The zero-order valence-electron chi connectivity index (χ0n) is 8.11. The van der Waals surface area contributed by atoms with E-state index in [2.05, 4.69) is 9.46 Å². The van der Waals surface area contributed by atoms with Gasteiger partial charge in [0.2, 0.25) is 0 Å². The van der Waals surface area contributed by atoms with Crippen LogP contribution in [0.4, 0.5) is 4.79 Å². The van der Waals surface area contributed by atoms with Crippen molar-refractivity contribution in [3.8, 4) is 0 Å². The van der Waals surface area contributed by atoms with Crippen LogP contribution >= 0.6 is 0 Å². The quantitative estimate of drug-likeness (QED) is 0.551. The molecule has 0 aromatic carbocycles. The van der Waals surface area contributed by atoms with Gasteiger partial charge < -0.3 is 10.5 Å². The van der Waals surface area contributed by atoms with E-state index >= 15 is 0 Å². The van der Waals surface area contributed by atoms with Crippen molar-refractivity contribution >= 4 is 16.3 Å². The SMILES string of the molecule is CCOC(=O)NS(=O)(=O)NCC(C)N. The lowest BCUT2D eigenvalue weighted by molar-refractivity contribution is 0.158. The first-order valence-electron chi connectivity index (χ1n) is 4.07. The molecule has 0 saturated carbocycles. The predicted molar refractivity (Wildman–Crippen MR) is 50.7 cm³/mol. The summed E-state index contributed by atoms with van der Waals surface area (Å²) in [6.45, 7) is 3.36. The molecule has 4 N–H and O–H groups in total. The molecule has 0 aliphatic carbocycles. The Labute approximate surface area is 83.2 Å². The van der Waals surface area contributed by atoms with Gasteiger partial charge >= 0.3 is 16.3 Å². The fourth-order valence-corrected chi connectivity index (χ4v) is 1.38. The molecule has 14 heavy (non-hydrogen) atoms. The second-order valence-corrected chi connectivity index (χ2v) is 4.15. The van der Waals surface area contributed by atoms with Gasteiger partial charge in [-0.05, 0) is 13.8 Å². The van der Waals surface area contributed by atoms with Crippen LogP contribution in [0, 0.1) is 0 Å². The molecule has 8 heteroatoms. The lowest BCUT2D eigenvalue weighted by Crippen LogP contribution is -2.44. The topological polar surface area (TPSA) is 111 Å². The summed E-state index contributed by atoms with van der Waals surface area (Å²) in [5.41, 5.74) is 5.32. The lowest BCUT2D eigenvalue weighted by atomic mass is 10.4. The van der Waals surface area contributed by atoms with Crippen LogP contribution in [-0.4, -0.2) is 33.7 Å². The summed E-state index contributed by atoms with van der Waals surface area (Å²) in [6.07, 6.45) is -1.01. The summed E-state index contributed by atoms with van der Waals surface area (Å²) in [4.78, 5) is 10.7. The Bertz CT molecular complexity index is 275. The molecule has 0 aromatic rings. The first-order valence-corrected chi connectivity index (χ1v) is 5.55. The standard InChI is InChI=1S/C6H15N3O4S/c1-3-13-6(10)9-14(11,12)8-4-5(2)7/h5,8H,3-4,7H2,1-2H3,(H,9,10). The molecule has 0 spiro atoms. The summed E-state index contributed by atoms with van der Waals surface area (Å²) >= 11 is 0. The predicted octanol–water partition coefficient (Wildman–Crippen LogP) is -1.09. The van der Waals surface area contributed by atoms with Crippen molar-refractivity contribution in [2.45, 2.75) is 19.9 Å². The van der Waals surface area contributed by atoms with Crippen molar-refractivity contribution in [2.24, 2.45) is 5.73 Å². The van der Waals surface area contributed by atoms with Crippen molar-refractivity contribution in [3.63, 3.8) is 0 Å². The number of hydrogen-bond acceptors (Lipinski definition) is 5. The van der Waals surface area contributed by atoms with E-state index in [4.69, 9.17) is 5.73 Å². The number of rotatable bonds is 5. The summed E-state index contributed by atoms with van der Waals surface area (Å²) in [7, 11) is -3.85. The molecular weight excluding hydrogens is 210 g/mol. The van der Waals surface area contributed by atoms with Crippen molar-refractivity contribution in [1.82, 2.24) is 9.44 Å². The Kier molecular flexibility index (Phi) is 5.43. The van der Waals surface area contributed by atoms with E-state index in [0.29, 0.717) is 0 Å². The Morgan fingerprint density at radius 3 is 2.57 bits per heavy atom. The number of nitrogens with two attached hydrogens (primary N) is 1.